The molecule has 9 heteroatoms. The Hall–Kier alpha value is -2.78. The van der Waals surface area contributed by atoms with E-state index >= 15 is 0 Å². The van der Waals surface area contributed by atoms with E-state index in [1.807, 2.05) is 24.6 Å². The van der Waals surface area contributed by atoms with Crippen molar-refractivity contribution in [1.29, 1.82) is 0 Å². The van der Waals surface area contributed by atoms with Crippen molar-refractivity contribution in [2.45, 2.75) is 18.1 Å². The van der Waals surface area contributed by atoms with Crippen LogP contribution in [0.1, 0.15) is 10.4 Å². The van der Waals surface area contributed by atoms with Gasteiger partial charge in [0.2, 0.25) is 0 Å². The van der Waals surface area contributed by atoms with Gasteiger partial charge in [0, 0.05) is 11.8 Å². The van der Waals surface area contributed by atoms with Crippen molar-refractivity contribution in [3.8, 4) is 16.9 Å². The summed E-state index contributed by atoms with van der Waals surface area (Å²) in [4.78, 5) is 9.41. The molecular formula is C22H20F3N3OS2. The van der Waals surface area contributed by atoms with Crippen molar-refractivity contribution in [1.82, 2.24) is 4.98 Å². The van der Waals surface area contributed by atoms with Crippen molar-refractivity contribution < 1.29 is 17.9 Å². The topological polar surface area (TPSA) is 60.5 Å². The number of aliphatic imine (C=N–C) groups is 1. The Morgan fingerprint density at radius 2 is 1.97 bits per heavy atom. The lowest BCUT2D eigenvalue weighted by atomic mass is 10.1. The zero-order valence-electron chi connectivity index (χ0n) is 17.0. The zero-order valence-corrected chi connectivity index (χ0v) is 18.7. The van der Waals surface area contributed by atoms with Crippen LogP contribution in [0.4, 0.5) is 18.9 Å². The predicted molar refractivity (Wildman–Crippen MR) is 122 cm³/mol. The molecule has 2 heterocycles. The smallest absolute Gasteiger partial charge is 0.430 e. The third-order valence-electron chi connectivity index (χ3n) is 4.35. The third kappa shape index (κ3) is 5.48. The minimum Gasteiger partial charge on any atom is -0.494 e. The Balaban J connectivity index is 2.09. The van der Waals surface area contributed by atoms with E-state index in [4.69, 9.17) is 10.5 Å². The van der Waals surface area contributed by atoms with Crippen molar-refractivity contribution in [2.75, 3.05) is 13.4 Å². The molecule has 3 aromatic rings. The van der Waals surface area contributed by atoms with Gasteiger partial charge in [0.05, 0.1) is 22.7 Å². The number of ether oxygens (including phenoxy) is 1. The van der Waals surface area contributed by atoms with Crippen LogP contribution in [0.5, 0.6) is 5.75 Å². The van der Waals surface area contributed by atoms with Gasteiger partial charge in [-0.1, -0.05) is 12.1 Å². The van der Waals surface area contributed by atoms with Gasteiger partial charge in [0.25, 0.3) is 0 Å². The number of hydrogen-bond acceptors (Lipinski definition) is 6. The normalized spacial score (nSPS) is 12.8. The largest absolute Gasteiger partial charge is 0.494 e. The fourth-order valence-corrected chi connectivity index (χ4v) is 4.21. The molecule has 0 saturated carbocycles. The summed E-state index contributed by atoms with van der Waals surface area (Å²) < 4.78 is 44.6. The van der Waals surface area contributed by atoms with E-state index in [0.29, 0.717) is 16.3 Å². The third-order valence-corrected chi connectivity index (χ3v) is 6.12. The molecule has 1 aromatic carbocycles. The molecule has 162 valence electrons. The molecule has 0 saturated heterocycles. The number of thioether (sulfide) groups is 1. The van der Waals surface area contributed by atoms with Crippen LogP contribution in [0.3, 0.4) is 0 Å². The summed E-state index contributed by atoms with van der Waals surface area (Å²) in [5.41, 5.74) is 7.33. The van der Waals surface area contributed by atoms with Gasteiger partial charge in [-0.3, -0.25) is 0 Å². The van der Waals surface area contributed by atoms with Crippen molar-refractivity contribution in [2.24, 2.45) is 10.7 Å². The maximum Gasteiger partial charge on any atom is 0.430 e. The number of benzene rings is 1. The van der Waals surface area contributed by atoms with Crippen LogP contribution in [-0.4, -0.2) is 30.2 Å². The Morgan fingerprint density at radius 1 is 1.23 bits per heavy atom. The van der Waals surface area contributed by atoms with Gasteiger partial charge >= 0.3 is 6.18 Å². The van der Waals surface area contributed by atoms with E-state index in [2.05, 4.69) is 9.98 Å². The van der Waals surface area contributed by atoms with Crippen LogP contribution in [0.15, 0.2) is 69.8 Å². The summed E-state index contributed by atoms with van der Waals surface area (Å²) in [6.45, 7) is 1.97. The van der Waals surface area contributed by atoms with Gasteiger partial charge in [-0.25, -0.2) is 9.98 Å². The Kier molecular flexibility index (Phi) is 7.07. The first-order chi connectivity index (χ1) is 14.7. The molecule has 0 aliphatic carbocycles. The van der Waals surface area contributed by atoms with Crippen molar-refractivity contribution >= 4 is 34.5 Å². The number of para-hydroxylation sites is 2. The number of methoxy groups -OCH3 is 1. The summed E-state index contributed by atoms with van der Waals surface area (Å²) in [7, 11) is 1.48. The van der Waals surface area contributed by atoms with Crippen LogP contribution in [-0.2, 0) is 0 Å². The summed E-state index contributed by atoms with van der Waals surface area (Å²) in [5.74, 6) is 0.447. The van der Waals surface area contributed by atoms with E-state index < -0.39 is 11.9 Å². The molecule has 0 spiro atoms. The number of rotatable bonds is 6. The molecule has 0 radical (unpaired) electrons. The van der Waals surface area contributed by atoms with Crippen LogP contribution in [0.25, 0.3) is 11.1 Å². The molecule has 2 aromatic heterocycles. The first-order valence-corrected chi connectivity index (χ1v) is 11.2. The molecule has 0 aliphatic rings. The van der Waals surface area contributed by atoms with Gasteiger partial charge in [-0.2, -0.15) is 13.2 Å². The summed E-state index contributed by atoms with van der Waals surface area (Å²) in [6, 6.07) is 10.6. The van der Waals surface area contributed by atoms with Crippen LogP contribution < -0.4 is 10.5 Å². The van der Waals surface area contributed by atoms with Gasteiger partial charge < -0.3 is 10.5 Å². The quantitative estimate of drug-likeness (QED) is 0.341. The first-order valence-electron chi connectivity index (χ1n) is 9.09. The molecule has 0 fully saturated rings. The minimum atomic E-state index is -4.66. The highest BCUT2D eigenvalue weighted by molar-refractivity contribution is 7.98. The molecule has 31 heavy (non-hydrogen) atoms. The van der Waals surface area contributed by atoms with Crippen molar-refractivity contribution in [3.63, 3.8) is 0 Å². The highest BCUT2D eigenvalue weighted by Crippen LogP contribution is 2.32. The number of halogens is 3. The number of allylic oxidation sites excluding steroid dienone is 2. The molecule has 3 rings (SSSR count). The number of nitrogens with two attached hydrogens (primary N) is 1. The Labute approximate surface area is 186 Å². The fraction of sp³-hybridized carbons (Fsp3) is 0.182. The lowest BCUT2D eigenvalue weighted by Gasteiger charge is -2.09. The standard InChI is InChI=1S/C22H20F3N3OS2/c1-13-8-14(11-27-21(13)30-3)15-9-19(31-12-15)17(10-20(26)22(23,24)25)28-16-6-4-5-7-18(16)29-2/h4-12H,26H2,1-3H3/b20-10-,28-17?. The SMILES string of the molecule is COc1ccccc1N=C(/C=C(\N)C(F)(F)F)c1cc(-c2cnc(SC)c(C)c2)cs1. The molecule has 0 bridgehead atoms. The lowest BCUT2D eigenvalue weighted by Crippen LogP contribution is -2.20. The zero-order chi connectivity index (χ0) is 22.6. The fourth-order valence-electron chi connectivity index (χ4n) is 2.80. The highest BCUT2D eigenvalue weighted by atomic mass is 32.2. The number of alkyl halides is 3. The highest BCUT2D eigenvalue weighted by Gasteiger charge is 2.32. The number of thiophene rings is 1. The Bertz CT molecular complexity index is 1140. The van der Waals surface area contributed by atoms with Crippen LogP contribution >= 0.6 is 23.1 Å². The number of hydrogen-bond donors (Lipinski definition) is 1. The van der Waals surface area contributed by atoms with E-state index in [9.17, 15) is 13.2 Å². The molecular weight excluding hydrogens is 443 g/mol. The van der Waals surface area contributed by atoms with Gasteiger partial charge in [-0.05, 0) is 60.0 Å². The van der Waals surface area contributed by atoms with E-state index in [1.54, 1.807) is 48.3 Å². The molecule has 0 amide bonds. The second kappa shape index (κ2) is 9.57. The average Bonchev–Trinajstić information content (AvgIpc) is 3.23. The summed E-state index contributed by atoms with van der Waals surface area (Å²) >= 11 is 2.84. The van der Waals surface area contributed by atoms with Crippen LogP contribution in [0, 0.1) is 6.92 Å². The molecule has 0 unspecified atom stereocenters. The number of pyridine rings is 1. The molecule has 0 aliphatic heterocycles. The van der Waals surface area contributed by atoms with Gasteiger partial charge in [0.1, 0.15) is 17.1 Å². The first kappa shape index (κ1) is 22.9. The molecule has 2 N–H and O–H groups in total. The predicted octanol–water partition coefficient (Wildman–Crippen LogP) is 6.37. The Morgan fingerprint density at radius 3 is 2.61 bits per heavy atom. The van der Waals surface area contributed by atoms with Gasteiger partial charge in [-0.15, -0.1) is 23.1 Å². The summed E-state index contributed by atoms with van der Waals surface area (Å²) in [6.07, 6.45) is -0.101. The molecule has 0 atom stereocenters. The molecule has 4 nitrogen and oxygen atoms in total. The van der Waals surface area contributed by atoms with E-state index in [0.717, 1.165) is 27.8 Å². The monoisotopic (exact) mass is 463 g/mol. The van der Waals surface area contributed by atoms with Gasteiger partial charge in [0.15, 0.2) is 0 Å². The number of nitrogens with zero attached hydrogens (tertiary/aromatic N) is 2. The van der Waals surface area contributed by atoms with Crippen molar-refractivity contribution in [3.05, 3.63) is 70.2 Å². The average molecular weight is 464 g/mol. The maximum atomic E-state index is 13.1. The second-order valence-corrected chi connectivity index (χ2v) is 8.22. The minimum absolute atomic E-state index is 0.0981. The summed E-state index contributed by atoms with van der Waals surface area (Å²) in [5, 5.41) is 2.79. The van der Waals surface area contributed by atoms with E-state index in [-0.39, 0.29) is 5.71 Å². The van der Waals surface area contributed by atoms with E-state index in [1.165, 1.54) is 18.4 Å². The second-order valence-electron chi connectivity index (χ2n) is 6.52. The maximum absolute atomic E-state index is 13.1. The lowest BCUT2D eigenvalue weighted by molar-refractivity contribution is -0.0925. The number of aromatic nitrogens is 1. The number of aryl methyl sites for hydroxylation is 1. The van der Waals surface area contributed by atoms with Crippen LogP contribution in [0.2, 0.25) is 0 Å².